The molecule has 0 amide bonds. The van der Waals surface area contributed by atoms with Crippen molar-refractivity contribution in [2.75, 3.05) is 25.6 Å². The Morgan fingerprint density at radius 2 is 1.10 bits per heavy atom. The first-order valence-corrected chi connectivity index (χ1v) is 11.6. The van der Waals surface area contributed by atoms with Crippen LogP contribution in [0, 0.1) is 29.1 Å². The van der Waals surface area contributed by atoms with Crippen molar-refractivity contribution < 1.29 is 36.2 Å². The number of hydrogen-bond donors (Lipinski definition) is 0. The molecule has 0 N–H and O–H groups in total. The predicted molar refractivity (Wildman–Crippen MR) is 111 cm³/mol. The first-order chi connectivity index (χ1) is 14.9. The summed E-state index contributed by atoms with van der Waals surface area (Å²) in [5, 5.41) is 0.181. The van der Waals surface area contributed by atoms with E-state index < -0.39 is 41.3 Å². The maximum absolute atomic E-state index is 13.5. The molecule has 0 saturated carbocycles. The minimum Gasteiger partial charge on any atom is -0.379 e. The third kappa shape index (κ3) is 11.3. The lowest BCUT2D eigenvalue weighted by Crippen LogP contribution is -2.11. The molecule has 1 rings (SSSR count). The Morgan fingerprint density at radius 1 is 0.645 bits per heavy atom. The van der Waals surface area contributed by atoms with Crippen LogP contribution in [0.4, 0.5) is 22.0 Å². The van der Waals surface area contributed by atoms with Crippen LogP contribution in [0.2, 0.25) is 0 Å². The van der Waals surface area contributed by atoms with Gasteiger partial charge in [0.15, 0.2) is 28.4 Å². The van der Waals surface area contributed by atoms with Gasteiger partial charge in [-0.15, -0.1) is 0 Å². The van der Waals surface area contributed by atoms with E-state index in [-0.39, 0.29) is 18.3 Å². The molecule has 0 aliphatic heterocycles. The smallest absolute Gasteiger partial charge is 0.200 e. The molecular weight excluding hydrogens is 439 g/mol. The molecule has 0 aliphatic carbocycles. The maximum Gasteiger partial charge on any atom is 0.200 e. The van der Waals surface area contributed by atoms with Gasteiger partial charge in [0.25, 0.3) is 0 Å². The van der Waals surface area contributed by atoms with Crippen LogP contribution < -0.4 is 0 Å². The van der Waals surface area contributed by atoms with Crippen LogP contribution in [-0.2, 0) is 20.9 Å². The zero-order valence-corrected chi connectivity index (χ0v) is 18.7. The summed E-state index contributed by atoms with van der Waals surface area (Å²) in [5.41, 5.74) is -0.980. The van der Waals surface area contributed by atoms with E-state index in [2.05, 4.69) is 0 Å². The van der Waals surface area contributed by atoms with Gasteiger partial charge in [0.05, 0.1) is 25.4 Å². The molecule has 3 nitrogen and oxygen atoms in total. The molecule has 178 valence electrons. The number of carbonyl (C=O) groups excluding carboxylic acids is 1. The SMILES string of the molecule is CC(=O)SCCCCCCCCCCCOCCOCc1c(F)c(F)c(F)c(F)c1F. The zero-order chi connectivity index (χ0) is 23.1. The van der Waals surface area contributed by atoms with Gasteiger partial charge in [-0.3, -0.25) is 4.79 Å². The molecule has 31 heavy (non-hydrogen) atoms. The summed E-state index contributed by atoms with van der Waals surface area (Å²) < 4.78 is 76.4. The third-order valence-electron chi connectivity index (χ3n) is 4.66. The van der Waals surface area contributed by atoms with Gasteiger partial charge >= 0.3 is 0 Å². The van der Waals surface area contributed by atoms with Gasteiger partial charge in [0.1, 0.15) is 0 Å². The van der Waals surface area contributed by atoms with Gasteiger partial charge in [0.2, 0.25) is 5.82 Å². The summed E-state index contributed by atoms with van der Waals surface area (Å²) in [6, 6.07) is 0. The highest BCUT2D eigenvalue weighted by Gasteiger charge is 2.25. The molecule has 9 heteroatoms. The van der Waals surface area contributed by atoms with Crippen molar-refractivity contribution in [2.45, 2.75) is 71.3 Å². The Hall–Kier alpha value is -1.19. The second-order valence-electron chi connectivity index (χ2n) is 7.24. The molecule has 0 saturated heterocycles. The maximum atomic E-state index is 13.5. The fourth-order valence-electron chi connectivity index (χ4n) is 2.93. The summed E-state index contributed by atoms with van der Waals surface area (Å²) in [5.74, 6) is -8.96. The minimum absolute atomic E-state index is 0.00951. The van der Waals surface area contributed by atoms with Crippen LogP contribution in [0.3, 0.4) is 0 Å². The number of benzene rings is 1. The Labute approximate surface area is 185 Å². The summed E-state index contributed by atoms with van der Waals surface area (Å²) in [6.45, 7) is 1.57. The normalized spacial score (nSPS) is 11.3. The van der Waals surface area contributed by atoms with Crippen molar-refractivity contribution >= 4 is 16.9 Å². The van der Waals surface area contributed by atoms with Crippen LogP contribution >= 0.6 is 11.8 Å². The molecule has 0 aliphatic rings. The average Bonchev–Trinajstić information content (AvgIpc) is 2.74. The molecular formula is C22H31F5O3S. The summed E-state index contributed by atoms with van der Waals surface area (Å²) in [7, 11) is 0. The zero-order valence-electron chi connectivity index (χ0n) is 17.9. The largest absolute Gasteiger partial charge is 0.379 e. The topological polar surface area (TPSA) is 35.5 Å². The predicted octanol–water partition coefficient (Wildman–Crippen LogP) is 6.71. The molecule has 0 aromatic heterocycles. The Bertz CT molecular complexity index is 644. The fourth-order valence-corrected chi connectivity index (χ4v) is 3.57. The van der Waals surface area contributed by atoms with Gasteiger partial charge in [-0.1, -0.05) is 56.7 Å². The highest BCUT2D eigenvalue weighted by molar-refractivity contribution is 8.13. The van der Waals surface area contributed by atoms with E-state index in [1.807, 2.05) is 0 Å². The second-order valence-corrected chi connectivity index (χ2v) is 8.51. The highest BCUT2D eigenvalue weighted by Crippen LogP contribution is 2.23. The molecule has 1 aromatic rings. The highest BCUT2D eigenvalue weighted by atomic mass is 32.2. The van der Waals surface area contributed by atoms with Crippen molar-refractivity contribution in [1.29, 1.82) is 0 Å². The van der Waals surface area contributed by atoms with E-state index >= 15 is 0 Å². The van der Waals surface area contributed by atoms with E-state index in [4.69, 9.17) is 9.47 Å². The van der Waals surface area contributed by atoms with Gasteiger partial charge in [-0.2, -0.15) is 0 Å². The Balaban J connectivity index is 1.94. The number of carbonyl (C=O) groups is 1. The van der Waals surface area contributed by atoms with E-state index in [1.165, 1.54) is 43.9 Å². The molecule has 0 heterocycles. The third-order valence-corrected chi connectivity index (χ3v) is 5.56. The first kappa shape index (κ1) is 27.8. The lowest BCUT2D eigenvalue weighted by molar-refractivity contribution is -0.109. The summed E-state index contributed by atoms with van der Waals surface area (Å²) in [6.07, 6.45) is 10.1. The number of unbranched alkanes of at least 4 members (excludes halogenated alkanes) is 8. The number of hydrogen-bond acceptors (Lipinski definition) is 4. The number of thioether (sulfide) groups is 1. The quantitative estimate of drug-likeness (QED) is 0.110. The molecule has 0 unspecified atom stereocenters. The van der Waals surface area contributed by atoms with E-state index in [0.29, 0.717) is 6.61 Å². The number of halogens is 5. The van der Waals surface area contributed by atoms with Crippen molar-refractivity contribution in [3.05, 3.63) is 34.6 Å². The van der Waals surface area contributed by atoms with Crippen LogP contribution in [0.5, 0.6) is 0 Å². The van der Waals surface area contributed by atoms with E-state index in [0.717, 1.165) is 31.4 Å². The van der Waals surface area contributed by atoms with Crippen LogP contribution in [0.1, 0.15) is 70.3 Å². The van der Waals surface area contributed by atoms with Crippen molar-refractivity contribution in [1.82, 2.24) is 0 Å². The van der Waals surface area contributed by atoms with E-state index in [1.54, 1.807) is 6.92 Å². The van der Waals surface area contributed by atoms with Gasteiger partial charge in [-0.25, -0.2) is 22.0 Å². The van der Waals surface area contributed by atoms with Crippen molar-refractivity contribution in [3.8, 4) is 0 Å². The van der Waals surface area contributed by atoms with Crippen LogP contribution in [0.25, 0.3) is 0 Å². The summed E-state index contributed by atoms with van der Waals surface area (Å²) >= 11 is 1.39. The lowest BCUT2D eigenvalue weighted by atomic mass is 10.1. The van der Waals surface area contributed by atoms with Crippen molar-refractivity contribution in [2.24, 2.45) is 0 Å². The van der Waals surface area contributed by atoms with Gasteiger partial charge in [0, 0.05) is 19.3 Å². The monoisotopic (exact) mass is 470 g/mol. The molecule has 0 spiro atoms. The summed E-state index contributed by atoms with van der Waals surface area (Å²) in [4.78, 5) is 10.8. The molecule has 0 atom stereocenters. The standard InChI is InChI=1S/C22H31F5O3S/c1-16(28)31-14-10-8-6-4-2-3-5-7-9-11-29-12-13-30-15-17-18(23)20(25)22(27)21(26)19(17)24/h2-15H2,1H3. The molecule has 1 aromatic carbocycles. The Kier molecular flexibility index (Phi) is 14.8. The minimum atomic E-state index is -2.18. The van der Waals surface area contributed by atoms with Crippen LogP contribution in [-0.4, -0.2) is 30.7 Å². The van der Waals surface area contributed by atoms with Gasteiger partial charge in [-0.05, 0) is 12.8 Å². The lowest BCUT2D eigenvalue weighted by Gasteiger charge is -2.09. The second kappa shape index (κ2) is 16.4. The number of rotatable bonds is 17. The van der Waals surface area contributed by atoms with Gasteiger partial charge < -0.3 is 9.47 Å². The average molecular weight is 471 g/mol. The van der Waals surface area contributed by atoms with Crippen molar-refractivity contribution in [3.63, 3.8) is 0 Å². The van der Waals surface area contributed by atoms with Crippen LogP contribution in [0.15, 0.2) is 0 Å². The molecule has 0 radical (unpaired) electrons. The molecule has 0 fully saturated rings. The first-order valence-electron chi connectivity index (χ1n) is 10.7. The van der Waals surface area contributed by atoms with E-state index in [9.17, 15) is 26.7 Å². The molecule has 0 bridgehead atoms. The number of ether oxygens (including phenoxy) is 2. The fraction of sp³-hybridized carbons (Fsp3) is 0.682. The Morgan fingerprint density at radius 3 is 1.65 bits per heavy atom.